The molecule has 2 unspecified atom stereocenters. The molecule has 6 heteroatoms. The van der Waals surface area contributed by atoms with Crippen molar-refractivity contribution < 1.29 is 28.6 Å². The molecule has 0 aliphatic rings. The summed E-state index contributed by atoms with van der Waals surface area (Å²) in [6.45, 7) is 11.4. The van der Waals surface area contributed by atoms with Gasteiger partial charge in [0.25, 0.3) is 0 Å². The maximum atomic E-state index is 12.8. The van der Waals surface area contributed by atoms with E-state index in [2.05, 4.69) is 34.6 Å². The smallest absolute Gasteiger partial charge is 0.306 e. The van der Waals surface area contributed by atoms with Gasteiger partial charge >= 0.3 is 17.9 Å². The fraction of sp³-hybridized carbons (Fsp3) is 0.945. The third kappa shape index (κ3) is 46.2. The van der Waals surface area contributed by atoms with Crippen molar-refractivity contribution in [2.45, 2.75) is 310 Å². The van der Waals surface area contributed by atoms with Crippen LogP contribution >= 0.6 is 0 Å². The fourth-order valence-electron chi connectivity index (χ4n) is 8.28. The van der Waals surface area contributed by atoms with Crippen molar-refractivity contribution in [3.05, 3.63) is 0 Å². The predicted molar refractivity (Wildman–Crippen MR) is 261 cm³/mol. The Morgan fingerprint density at radius 2 is 0.574 bits per heavy atom. The number of carbonyl (C=O) groups is 3. The molecule has 0 aliphatic carbocycles. The Morgan fingerprint density at radius 1 is 0.328 bits per heavy atom. The second-order valence-corrected chi connectivity index (χ2v) is 19.4. The quantitative estimate of drug-likeness (QED) is 0.0344. The van der Waals surface area contributed by atoms with E-state index in [0.717, 1.165) is 69.6 Å². The summed E-state index contributed by atoms with van der Waals surface area (Å²) in [6.07, 6.45) is 49.3. The molecule has 0 aromatic rings. The Labute approximate surface area is 380 Å². The van der Waals surface area contributed by atoms with E-state index in [1.165, 1.54) is 193 Å². The SMILES string of the molecule is CCCCCCCCCCCCCCCC(=O)O[C@H](COC(=O)CCCCCCCCCCCCCCCCC(C)CC)COC(=O)CCCCCCCCCCC(C)CC. The average Bonchev–Trinajstić information content (AvgIpc) is 3.26. The number of rotatable bonds is 49. The fourth-order valence-corrected chi connectivity index (χ4v) is 8.28. The number of hydrogen-bond acceptors (Lipinski definition) is 6. The van der Waals surface area contributed by atoms with Gasteiger partial charge in [0, 0.05) is 19.3 Å². The molecule has 0 rings (SSSR count). The highest BCUT2D eigenvalue weighted by Gasteiger charge is 2.19. The summed E-state index contributed by atoms with van der Waals surface area (Å²) in [5.74, 6) is 0.898. The Kier molecular flexibility index (Phi) is 46.6. The molecule has 0 N–H and O–H groups in total. The van der Waals surface area contributed by atoms with Gasteiger partial charge in [0.15, 0.2) is 6.10 Å². The first-order valence-electron chi connectivity index (χ1n) is 27.3. The van der Waals surface area contributed by atoms with Crippen LogP contribution in [0.1, 0.15) is 304 Å². The Morgan fingerprint density at radius 3 is 0.852 bits per heavy atom. The zero-order valence-corrected chi connectivity index (χ0v) is 41.8. The van der Waals surface area contributed by atoms with Crippen molar-refractivity contribution in [2.75, 3.05) is 13.2 Å². The van der Waals surface area contributed by atoms with Gasteiger partial charge in [-0.1, -0.05) is 266 Å². The molecule has 3 atom stereocenters. The number of carbonyl (C=O) groups excluding carboxylic acids is 3. The van der Waals surface area contributed by atoms with Crippen LogP contribution in [0.4, 0.5) is 0 Å². The number of ether oxygens (including phenoxy) is 3. The minimum atomic E-state index is -0.762. The van der Waals surface area contributed by atoms with E-state index in [9.17, 15) is 14.4 Å². The van der Waals surface area contributed by atoms with Crippen LogP contribution in [0, 0.1) is 11.8 Å². The van der Waals surface area contributed by atoms with Gasteiger partial charge in [0.05, 0.1) is 0 Å². The first kappa shape index (κ1) is 59.4. The third-order valence-electron chi connectivity index (χ3n) is 13.2. The molecule has 0 heterocycles. The maximum Gasteiger partial charge on any atom is 0.306 e. The van der Waals surface area contributed by atoms with E-state index in [1.807, 2.05) is 0 Å². The zero-order chi connectivity index (χ0) is 44.7. The molecule has 0 aliphatic heterocycles. The van der Waals surface area contributed by atoms with Gasteiger partial charge in [-0.15, -0.1) is 0 Å². The Hall–Kier alpha value is -1.59. The van der Waals surface area contributed by atoms with Crippen molar-refractivity contribution in [1.82, 2.24) is 0 Å². The molecule has 6 nitrogen and oxygen atoms in total. The summed E-state index contributed by atoms with van der Waals surface area (Å²) in [5, 5.41) is 0. The van der Waals surface area contributed by atoms with Gasteiger partial charge in [-0.05, 0) is 31.1 Å². The molecule has 0 radical (unpaired) electrons. The van der Waals surface area contributed by atoms with Gasteiger partial charge in [-0.25, -0.2) is 0 Å². The Bertz CT molecular complexity index is 935. The number of hydrogen-bond donors (Lipinski definition) is 0. The largest absolute Gasteiger partial charge is 0.462 e. The van der Waals surface area contributed by atoms with Crippen molar-refractivity contribution >= 4 is 17.9 Å². The van der Waals surface area contributed by atoms with Crippen molar-refractivity contribution in [1.29, 1.82) is 0 Å². The van der Waals surface area contributed by atoms with Crippen LogP contribution in [0.25, 0.3) is 0 Å². The van der Waals surface area contributed by atoms with Gasteiger partial charge in [-0.2, -0.15) is 0 Å². The van der Waals surface area contributed by atoms with Crippen molar-refractivity contribution in [3.8, 4) is 0 Å². The molecular weight excluding hydrogens is 757 g/mol. The van der Waals surface area contributed by atoms with E-state index in [4.69, 9.17) is 14.2 Å². The maximum absolute atomic E-state index is 12.8. The normalized spacial score (nSPS) is 12.9. The molecule has 0 spiro atoms. The minimum absolute atomic E-state index is 0.0634. The van der Waals surface area contributed by atoms with Gasteiger partial charge < -0.3 is 14.2 Å². The summed E-state index contributed by atoms with van der Waals surface area (Å²) in [7, 11) is 0. The lowest BCUT2D eigenvalue weighted by Crippen LogP contribution is -2.30. The predicted octanol–water partition coefficient (Wildman–Crippen LogP) is 17.7. The van der Waals surface area contributed by atoms with Crippen LogP contribution in [0.15, 0.2) is 0 Å². The molecule has 0 aromatic heterocycles. The molecule has 0 bridgehead atoms. The highest BCUT2D eigenvalue weighted by Crippen LogP contribution is 2.18. The summed E-state index contributed by atoms with van der Waals surface area (Å²) in [6, 6.07) is 0. The molecule has 0 fully saturated rings. The van der Waals surface area contributed by atoms with Crippen LogP contribution in [0.2, 0.25) is 0 Å². The van der Waals surface area contributed by atoms with Crippen LogP contribution in [-0.2, 0) is 28.6 Å². The van der Waals surface area contributed by atoms with E-state index < -0.39 is 6.10 Å². The average molecular weight is 863 g/mol. The lowest BCUT2D eigenvalue weighted by molar-refractivity contribution is -0.167. The second-order valence-electron chi connectivity index (χ2n) is 19.4. The summed E-state index contributed by atoms with van der Waals surface area (Å²) >= 11 is 0. The lowest BCUT2D eigenvalue weighted by Gasteiger charge is -2.18. The van der Waals surface area contributed by atoms with Crippen LogP contribution < -0.4 is 0 Å². The highest BCUT2D eigenvalue weighted by atomic mass is 16.6. The molecule has 0 saturated carbocycles. The molecular formula is C55H106O6. The van der Waals surface area contributed by atoms with Crippen LogP contribution in [0.3, 0.4) is 0 Å². The molecule has 0 saturated heterocycles. The van der Waals surface area contributed by atoms with Crippen LogP contribution in [0.5, 0.6) is 0 Å². The van der Waals surface area contributed by atoms with E-state index in [0.29, 0.717) is 19.3 Å². The summed E-state index contributed by atoms with van der Waals surface area (Å²) in [4.78, 5) is 38.0. The van der Waals surface area contributed by atoms with E-state index in [-0.39, 0.29) is 31.1 Å². The van der Waals surface area contributed by atoms with Crippen molar-refractivity contribution in [3.63, 3.8) is 0 Å². The molecule has 0 aromatic carbocycles. The Balaban J connectivity index is 4.29. The van der Waals surface area contributed by atoms with Gasteiger partial charge in [0.1, 0.15) is 13.2 Å². The number of unbranched alkanes of at least 4 members (excludes halogenated alkanes) is 32. The topological polar surface area (TPSA) is 78.9 Å². The second kappa shape index (κ2) is 47.9. The third-order valence-corrected chi connectivity index (χ3v) is 13.2. The van der Waals surface area contributed by atoms with E-state index in [1.54, 1.807) is 0 Å². The zero-order valence-electron chi connectivity index (χ0n) is 41.8. The van der Waals surface area contributed by atoms with Crippen molar-refractivity contribution in [2.24, 2.45) is 11.8 Å². The standard InChI is InChI=1S/C55H106O6/c1-6-9-10-11-12-13-14-17-22-25-32-37-42-47-55(58)61-52(49-60-54(57)46-41-36-31-27-26-29-34-39-44-51(5)8-3)48-59-53(56)45-40-35-30-24-21-19-16-15-18-20-23-28-33-38-43-50(4)7-2/h50-52H,6-49H2,1-5H3/t50?,51?,52-/m1/s1. The summed E-state index contributed by atoms with van der Waals surface area (Å²) in [5.41, 5.74) is 0. The first-order valence-corrected chi connectivity index (χ1v) is 27.3. The van der Waals surface area contributed by atoms with E-state index >= 15 is 0 Å². The first-order chi connectivity index (χ1) is 29.8. The minimum Gasteiger partial charge on any atom is -0.462 e. The molecule has 61 heavy (non-hydrogen) atoms. The lowest BCUT2D eigenvalue weighted by atomic mass is 9.99. The summed E-state index contributed by atoms with van der Waals surface area (Å²) < 4.78 is 16.8. The monoisotopic (exact) mass is 863 g/mol. The van der Waals surface area contributed by atoms with Gasteiger partial charge in [0.2, 0.25) is 0 Å². The van der Waals surface area contributed by atoms with Crippen LogP contribution in [-0.4, -0.2) is 37.2 Å². The highest BCUT2D eigenvalue weighted by molar-refractivity contribution is 5.71. The van der Waals surface area contributed by atoms with Gasteiger partial charge in [-0.3, -0.25) is 14.4 Å². The molecule has 362 valence electrons. The number of esters is 3. The molecule has 0 amide bonds.